The molecule has 0 amide bonds. The van der Waals surface area contributed by atoms with Gasteiger partial charge < -0.3 is 10.2 Å². The maximum Gasteiger partial charge on any atom is 0.392 e. The molecule has 2 unspecified atom stereocenters. The van der Waals surface area contributed by atoms with Crippen molar-refractivity contribution in [3.05, 3.63) is 0 Å². The van der Waals surface area contributed by atoms with E-state index in [4.69, 9.17) is 0 Å². The van der Waals surface area contributed by atoms with Gasteiger partial charge in [0.05, 0.1) is 5.92 Å². The maximum absolute atomic E-state index is 12.8. The quantitative estimate of drug-likeness (QED) is 0.744. The maximum atomic E-state index is 12.8. The molecule has 0 aliphatic heterocycles. The fourth-order valence-electron chi connectivity index (χ4n) is 2.69. The van der Waals surface area contributed by atoms with Crippen molar-refractivity contribution >= 4 is 0 Å². The van der Waals surface area contributed by atoms with E-state index in [1.54, 1.807) is 0 Å². The zero-order valence-electron chi connectivity index (χ0n) is 11.4. The molecule has 2 atom stereocenters. The summed E-state index contributed by atoms with van der Waals surface area (Å²) in [5.74, 6) is -1.31. The number of hydrogen-bond donors (Lipinski definition) is 1. The summed E-state index contributed by atoms with van der Waals surface area (Å²) in [6, 6.07) is 0. The van der Waals surface area contributed by atoms with Gasteiger partial charge in [-0.1, -0.05) is 12.8 Å². The molecule has 5 heteroatoms. The molecule has 0 bridgehead atoms. The highest BCUT2D eigenvalue weighted by Gasteiger charge is 2.44. The second-order valence-electron chi connectivity index (χ2n) is 5.55. The highest BCUT2D eigenvalue weighted by molar-refractivity contribution is 4.81. The topological polar surface area (TPSA) is 15.3 Å². The summed E-state index contributed by atoms with van der Waals surface area (Å²) < 4.78 is 38.5. The molecular formula is C13H25F3N2. The first-order valence-electron chi connectivity index (χ1n) is 6.83. The van der Waals surface area contributed by atoms with Crippen molar-refractivity contribution in [3.63, 3.8) is 0 Å². The van der Waals surface area contributed by atoms with E-state index in [0.29, 0.717) is 19.4 Å². The van der Waals surface area contributed by atoms with Gasteiger partial charge in [-0.15, -0.1) is 0 Å². The molecule has 0 aromatic carbocycles. The van der Waals surface area contributed by atoms with Gasteiger partial charge in [-0.05, 0) is 58.9 Å². The largest absolute Gasteiger partial charge is 0.392 e. The molecule has 0 saturated heterocycles. The van der Waals surface area contributed by atoms with Gasteiger partial charge in [-0.3, -0.25) is 0 Å². The van der Waals surface area contributed by atoms with Crippen LogP contribution in [0.3, 0.4) is 0 Å². The van der Waals surface area contributed by atoms with Crippen LogP contribution in [0.2, 0.25) is 0 Å². The Morgan fingerprint density at radius 3 is 2.44 bits per heavy atom. The molecule has 0 radical (unpaired) electrons. The third-order valence-electron chi connectivity index (χ3n) is 3.69. The first kappa shape index (κ1) is 15.8. The third-order valence-corrected chi connectivity index (χ3v) is 3.69. The van der Waals surface area contributed by atoms with Crippen molar-refractivity contribution in [1.82, 2.24) is 10.2 Å². The lowest BCUT2D eigenvalue weighted by molar-refractivity contribution is -0.195. The average Bonchev–Trinajstić information content (AvgIpc) is 2.27. The van der Waals surface area contributed by atoms with E-state index in [0.717, 1.165) is 32.4 Å². The second-order valence-corrected chi connectivity index (χ2v) is 5.55. The minimum atomic E-state index is -4.02. The van der Waals surface area contributed by atoms with Gasteiger partial charge in [0, 0.05) is 0 Å². The highest BCUT2D eigenvalue weighted by atomic mass is 19.4. The molecule has 1 saturated carbocycles. The molecule has 0 aromatic heterocycles. The van der Waals surface area contributed by atoms with Gasteiger partial charge in [-0.2, -0.15) is 13.2 Å². The number of halogens is 3. The Morgan fingerprint density at radius 2 is 1.83 bits per heavy atom. The molecule has 0 spiro atoms. The van der Waals surface area contributed by atoms with Crippen molar-refractivity contribution in [2.45, 2.75) is 38.3 Å². The summed E-state index contributed by atoms with van der Waals surface area (Å²) in [6.07, 6.45) is -0.344. The number of nitrogens with one attached hydrogen (secondary N) is 1. The van der Waals surface area contributed by atoms with E-state index in [1.165, 1.54) is 0 Å². The van der Waals surface area contributed by atoms with Crippen LogP contribution in [0.15, 0.2) is 0 Å². The predicted octanol–water partition coefficient (Wildman–Crippen LogP) is 2.90. The van der Waals surface area contributed by atoms with E-state index in [1.807, 2.05) is 14.1 Å². The van der Waals surface area contributed by atoms with Gasteiger partial charge >= 0.3 is 6.18 Å². The van der Waals surface area contributed by atoms with Gasteiger partial charge in [-0.25, -0.2) is 0 Å². The first-order valence-corrected chi connectivity index (χ1v) is 6.83. The summed E-state index contributed by atoms with van der Waals surface area (Å²) in [4.78, 5) is 2.08. The van der Waals surface area contributed by atoms with Crippen LogP contribution in [0.25, 0.3) is 0 Å². The van der Waals surface area contributed by atoms with Crippen molar-refractivity contribution in [1.29, 1.82) is 0 Å². The monoisotopic (exact) mass is 266 g/mol. The summed E-state index contributed by atoms with van der Waals surface area (Å²) >= 11 is 0. The Morgan fingerprint density at radius 1 is 1.17 bits per heavy atom. The van der Waals surface area contributed by atoms with E-state index < -0.39 is 12.1 Å². The van der Waals surface area contributed by atoms with Crippen LogP contribution in [0.5, 0.6) is 0 Å². The Kier molecular flexibility index (Phi) is 6.43. The van der Waals surface area contributed by atoms with E-state index in [2.05, 4.69) is 10.2 Å². The zero-order valence-corrected chi connectivity index (χ0v) is 11.4. The van der Waals surface area contributed by atoms with Crippen LogP contribution in [-0.4, -0.2) is 44.8 Å². The van der Waals surface area contributed by atoms with E-state index in [9.17, 15) is 13.2 Å². The molecule has 1 aliphatic rings. The molecule has 0 aromatic rings. The van der Waals surface area contributed by atoms with Crippen molar-refractivity contribution in [3.8, 4) is 0 Å². The van der Waals surface area contributed by atoms with Crippen LogP contribution < -0.4 is 5.32 Å². The molecule has 18 heavy (non-hydrogen) atoms. The van der Waals surface area contributed by atoms with E-state index >= 15 is 0 Å². The molecule has 108 valence electrons. The Balaban J connectivity index is 2.26. The Hall–Kier alpha value is -0.290. The summed E-state index contributed by atoms with van der Waals surface area (Å²) in [6.45, 7) is 2.29. The van der Waals surface area contributed by atoms with Gasteiger partial charge in [0.1, 0.15) is 0 Å². The Labute approximate surface area is 108 Å². The van der Waals surface area contributed by atoms with Gasteiger partial charge in [0.25, 0.3) is 0 Å². The number of hydrogen-bond acceptors (Lipinski definition) is 2. The van der Waals surface area contributed by atoms with Crippen molar-refractivity contribution < 1.29 is 13.2 Å². The summed E-state index contributed by atoms with van der Waals surface area (Å²) in [5, 5.41) is 3.19. The zero-order chi connectivity index (χ0) is 13.6. The van der Waals surface area contributed by atoms with Crippen LogP contribution in [0.1, 0.15) is 32.1 Å². The highest BCUT2D eigenvalue weighted by Crippen LogP contribution is 2.41. The Bertz CT molecular complexity index is 229. The molecule has 1 rings (SSSR count). The van der Waals surface area contributed by atoms with Crippen molar-refractivity contribution in [2.24, 2.45) is 11.8 Å². The lowest BCUT2D eigenvalue weighted by Crippen LogP contribution is -2.39. The molecular weight excluding hydrogens is 241 g/mol. The van der Waals surface area contributed by atoms with Crippen LogP contribution >= 0.6 is 0 Å². The molecule has 1 aliphatic carbocycles. The molecule has 1 N–H and O–H groups in total. The normalized spacial score (nSPS) is 25.7. The van der Waals surface area contributed by atoms with Crippen LogP contribution in [0.4, 0.5) is 13.2 Å². The fourth-order valence-corrected chi connectivity index (χ4v) is 2.69. The molecule has 2 nitrogen and oxygen atoms in total. The molecule has 0 heterocycles. The lowest BCUT2D eigenvalue weighted by atomic mass is 9.78. The summed E-state index contributed by atoms with van der Waals surface area (Å²) in [7, 11) is 4.00. The average molecular weight is 266 g/mol. The first-order chi connectivity index (χ1) is 8.41. The van der Waals surface area contributed by atoms with Gasteiger partial charge in [0.2, 0.25) is 0 Å². The number of rotatable bonds is 6. The van der Waals surface area contributed by atoms with Crippen LogP contribution in [0, 0.1) is 11.8 Å². The second kappa shape index (κ2) is 7.34. The van der Waals surface area contributed by atoms with Crippen molar-refractivity contribution in [2.75, 3.05) is 33.7 Å². The van der Waals surface area contributed by atoms with Crippen LogP contribution in [-0.2, 0) is 0 Å². The minimum Gasteiger partial charge on any atom is -0.316 e. The standard InChI is InChI=1S/C13H25F3N2/c1-18(2)9-5-8-17-10-11-6-3-4-7-12(11)13(14,15)16/h11-12,17H,3-10H2,1-2H3. The summed E-state index contributed by atoms with van der Waals surface area (Å²) in [5.41, 5.74) is 0. The smallest absolute Gasteiger partial charge is 0.316 e. The molecule has 1 fully saturated rings. The number of nitrogens with zero attached hydrogens (tertiary/aromatic N) is 1. The van der Waals surface area contributed by atoms with E-state index in [-0.39, 0.29) is 5.92 Å². The third kappa shape index (κ3) is 5.57. The SMILES string of the molecule is CN(C)CCCNCC1CCCCC1C(F)(F)F. The number of alkyl halides is 3. The van der Waals surface area contributed by atoms with Gasteiger partial charge in [0.15, 0.2) is 0 Å². The lowest BCUT2D eigenvalue weighted by Gasteiger charge is -2.33. The fraction of sp³-hybridized carbons (Fsp3) is 1.00. The predicted molar refractivity (Wildman–Crippen MR) is 67.5 cm³/mol. The minimum absolute atomic E-state index is 0.224.